The molecule has 0 radical (unpaired) electrons. The molecule has 2 heterocycles. The highest BCUT2D eigenvalue weighted by Crippen LogP contribution is 2.34. The number of benzene rings is 2. The van der Waals surface area contributed by atoms with E-state index in [0.29, 0.717) is 23.0 Å². The average Bonchev–Trinajstić information content (AvgIpc) is 3.41. The molecule has 4 rings (SSSR count). The number of hydrogen-bond acceptors (Lipinski definition) is 6. The number of rotatable bonds is 6. The van der Waals surface area contributed by atoms with Crippen molar-refractivity contribution in [3.8, 4) is 5.75 Å². The van der Waals surface area contributed by atoms with Crippen molar-refractivity contribution in [3.05, 3.63) is 69.9 Å². The molecule has 0 aliphatic carbocycles. The number of amides is 2. The van der Waals surface area contributed by atoms with Crippen LogP contribution in [0.25, 0.3) is 0 Å². The van der Waals surface area contributed by atoms with Crippen LogP contribution in [0.5, 0.6) is 5.75 Å². The van der Waals surface area contributed by atoms with Gasteiger partial charge in [0.15, 0.2) is 6.61 Å². The van der Waals surface area contributed by atoms with E-state index in [-0.39, 0.29) is 23.6 Å². The molecule has 1 saturated heterocycles. The fourth-order valence-electron chi connectivity index (χ4n) is 3.47. The summed E-state index contributed by atoms with van der Waals surface area (Å²) < 4.78 is 19.0. The van der Waals surface area contributed by atoms with Crippen LogP contribution in [0, 0.1) is 12.7 Å². The number of carbonyl (C=O) groups is 2. The number of anilines is 1. The largest absolute Gasteiger partial charge is 0.484 e. The molecular formula is C22H21FN4O3S. The molecule has 7 nitrogen and oxygen atoms in total. The lowest BCUT2D eigenvalue weighted by atomic mass is 10.2. The Balaban J connectivity index is 1.40. The van der Waals surface area contributed by atoms with Gasteiger partial charge in [-0.05, 0) is 55.7 Å². The number of aryl methyl sites for hydroxylation is 1. The molecule has 2 amide bonds. The van der Waals surface area contributed by atoms with Gasteiger partial charge in [0.1, 0.15) is 16.6 Å². The van der Waals surface area contributed by atoms with Crippen LogP contribution in [-0.4, -0.2) is 40.1 Å². The van der Waals surface area contributed by atoms with Gasteiger partial charge in [0.2, 0.25) is 5.01 Å². The predicted molar refractivity (Wildman–Crippen MR) is 115 cm³/mol. The van der Waals surface area contributed by atoms with Crippen molar-refractivity contribution in [1.82, 2.24) is 15.1 Å². The van der Waals surface area contributed by atoms with Gasteiger partial charge in [-0.3, -0.25) is 9.59 Å². The minimum absolute atomic E-state index is 0.0638. The molecule has 0 saturated carbocycles. The van der Waals surface area contributed by atoms with Crippen molar-refractivity contribution in [1.29, 1.82) is 0 Å². The zero-order chi connectivity index (χ0) is 21.8. The molecule has 0 bridgehead atoms. The summed E-state index contributed by atoms with van der Waals surface area (Å²) in [6.07, 6.45) is 1.58. The monoisotopic (exact) mass is 440 g/mol. The van der Waals surface area contributed by atoms with Crippen LogP contribution in [0.3, 0.4) is 0 Å². The molecule has 1 fully saturated rings. The lowest BCUT2D eigenvalue weighted by molar-refractivity contribution is -0.134. The average molecular weight is 441 g/mol. The van der Waals surface area contributed by atoms with Crippen molar-refractivity contribution in [2.45, 2.75) is 25.8 Å². The number of nitrogens with one attached hydrogen (secondary N) is 1. The van der Waals surface area contributed by atoms with Crippen molar-refractivity contribution in [3.63, 3.8) is 0 Å². The second kappa shape index (κ2) is 9.22. The number of hydrogen-bond donors (Lipinski definition) is 1. The van der Waals surface area contributed by atoms with E-state index < -0.39 is 11.7 Å². The number of ether oxygens (including phenoxy) is 1. The fraction of sp³-hybridized carbons (Fsp3) is 0.273. The van der Waals surface area contributed by atoms with E-state index in [2.05, 4.69) is 15.5 Å². The molecular weight excluding hydrogens is 419 g/mol. The van der Waals surface area contributed by atoms with E-state index in [9.17, 15) is 14.0 Å². The normalized spacial score (nSPS) is 15.7. The van der Waals surface area contributed by atoms with Gasteiger partial charge < -0.3 is 15.0 Å². The molecule has 31 heavy (non-hydrogen) atoms. The number of nitrogens with zero attached hydrogens (tertiary/aromatic N) is 3. The molecule has 3 aromatic rings. The van der Waals surface area contributed by atoms with E-state index in [4.69, 9.17) is 4.74 Å². The van der Waals surface area contributed by atoms with Crippen LogP contribution in [-0.2, 0) is 4.79 Å². The molecule has 1 atom stereocenters. The molecule has 1 N–H and O–H groups in total. The van der Waals surface area contributed by atoms with Gasteiger partial charge in [0.05, 0.1) is 6.04 Å². The standard InChI is InChI=1S/C22H21FN4O3S/c1-14-5-2-8-17(11-14)30-13-19(28)27-10-4-9-18(27)21-25-26-22(31-21)20(29)24-16-7-3-6-15(23)12-16/h2-3,5-8,11-12,18H,4,9-10,13H2,1H3,(H,24,29)/t18-/m1/s1. The summed E-state index contributed by atoms with van der Waals surface area (Å²) >= 11 is 1.14. The van der Waals surface area contributed by atoms with Crippen LogP contribution < -0.4 is 10.1 Å². The van der Waals surface area contributed by atoms with Gasteiger partial charge in [-0.1, -0.05) is 29.5 Å². The first-order chi connectivity index (χ1) is 15.0. The van der Waals surface area contributed by atoms with Crippen LogP contribution in [0.1, 0.15) is 39.3 Å². The zero-order valence-electron chi connectivity index (χ0n) is 16.9. The maximum atomic E-state index is 13.3. The smallest absolute Gasteiger partial charge is 0.286 e. The fourth-order valence-corrected chi connectivity index (χ4v) is 4.35. The van der Waals surface area contributed by atoms with Crippen LogP contribution in [0.15, 0.2) is 48.5 Å². The maximum absolute atomic E-state index is 13.3. The van der Waals surface area contributed by atoms with Crippen molar-refractivity contribution in [2.75, 3.05) is 18.5 Å². The van der Waals surface area contributed by atoms with Gasteiger partial charge in [0.25, 0.3) is 11.8 Å². The molecule has 0 unspecified atom stereocenters. The summed E-state index contributed by atoms with van der Waals surface area (Å²) in [4.78, 5) is 26.9. The third-order valence-electron chi connectivity index (χ3n) is 4.93. The minimum atomic E-state index is -0.465. The summed E-state index contributed by atoms with van der Waals surface area (Å²) in [6, 6.07) is 12.9. The Bertz CT molecular complexity index is 1100. The highest BCUT2D eigenvalue weighted by molar-refractivity contribution is 7.13. The molecule has 2 aromatic carbocycles. The second-order valence-corrected chi connectivity index (χ2v) is 8.27. The first-order valence-electron chi connectivity index (χ1n) is 9.89. The molecule has 1 aromatic heterocycles. The van der Waals surface area contributed by atoms with Crippen LogP contribution in [0.4, 0.5) is 10.1 Å². The van der Waals surface area contributed by atoms with E-state index in [1.165, 1.54) is 18.2 Å². The number of halogens is 1. The topological polar surface area (TPSA) is 84.4 Å². The van der Waals surface area contributed by atoms with E-state index in [0.717, 1.165) is 29.7 Å². The van der Waals surface area contributed by atoms with Crippen LogP contribution in [0.2, 0.25) is 0 Å². The quantitative estimate of drug-likeness (QED) is 0.627. The molecule has 1 aliphatic heterocycles. The Morgan fingerprint density at radius 2 is 2.06 bits per heavy atom. The lowest BCUT2D eigenvalue weighted by Gasteiger charge is -2.22. The van der Waals surface area contributed by atoms with Gasteiger partial charge in [-0.15, -0.1) is 10.2 Å². The van der Waals surface area contributed by atoms with Gasteiger partial charge in [-0.25, -0.2) is 4.39 Å². The Kier molecular flexibility index (Phi) is 6.22. The van der Waals surface area contributed by atoms with Gasteiger partial charge >= 0.3 is 0 Å². The molecule has 9 heteroatoms. The van der Waals surface area contributed by atoms with Crippen molar-refractivity contribution >= 4 is 28.8 Å². The Morgan fingerprint density at radius 1 is 1.23 bits per heavy atom. The molecule has 0 spiro atoms. The van der Waals surface area contributed by atoms with Crippen LogP contribution >= 0.6 is 11.3 Å². The molecule has 160 valence electrons. The third-order valence-corrected chi connectivity index (χ3v) is 5.95. The summed E-state index contributed by atoms with van der Waals surface area (Å²) in [5, 5.41) is 11.5. The highest BCUT2D eigenvalue weighted by atomic mass is 32.1. The summed E-state index contributed by atoms with van der Waals surface area (Å²) in [7, 11) is 0. The highest BCUT2D eigenvalue weighted by Gasteiger charge is 2.33. The zero-order valence-corrected chi connectivity index (χ0v) is 17.7. The number of likely N-dealkylation sites (tertiary alicyclic amines) is 1. The van der Waals surface area contributed by atoms with Gasteiger partial charge in [-0.2, -0.15) is 0 Å². The Hall–Kier alpha value is -3.33. The summed E-state index contributed by atoms with van der Waals surface area (Å²) in [5.74, 6) is -0.391. The summed E-state index contributed by atoms with van der Waals surface area (Å²) in [6.45, 7) is 2.50. The lowest BCUT2D eigenvalue weighted by Crippen LogP contribution is -2.34. The minimum Gasteiger partial charge on any atom is -0.484 e. The van der Waals surface area contributed by atoms with Gasteiger partial charge in [0, 0.05) is 12.2 Å². The first-order valence-corrected chi connectivity index (χ1v) is 10.7. The molecule has 1 aliphatic rings. The first kappa shape index (κ1) is 20.9. The van der Waals surface area contributed by atoms with Crippen molar-refractivity contribution in [2.24, 2.45) is 0 Å². The van der Waals surface area contributed by atoms with E-state index in [1.807, 2.05) is 31.2 Å². The van der Waals surface area contributed by atoms with E-state index >= 15 is 0 Å². The van der Waals surface area contributed by atoms with E-state index in [1.54, 1.807) is 11.0 Å². The summed E-state index contributed by atoms with van der Waals surface area (Å²) in [5.41, 5.74) is 1.40. The number of aromatic nitrogens is 2. The Morgan fingerprint density at radius 3 is 2.87 bits per heavy atom. The van der Waals surface area contributed by atoms with Crippen molar-refractivity contribution < 1.29 is 18.7 Å². The second-order valence-electron chi connectivity index (χ2n) is 7.26. The Labute approximate surface area is 182 Å². The SMILES string of the molecule is Cc1cccc(OCC(=O)N2CCC[C@@H]2c2nnc(C(=O)Nc3cccc(F)c3)s2)c1. The number of carbonyl (C=O) groups excluding carboxylic acids is 2. The third kappa shape index (κ3) is 5.05. The predicted octanol–water partition coefficient (Wildman–Crippen LogP) is 3.98. The maximum Gasteiger partial charge on any atom is 0.286 e.